The molecular formula is C22H27Cl2N3O4S. The molecule has 1 atom stereocenters. The van der Waals surface area contributed by atoms with E-state index in [0.29, 0.717) is 17.1 Å². The fraction of sp³-hybridized carbons (Fsp3) is 0.364. The minimum atomic E-state index is -3.84. The SMILES string of the molecule is CCCNC(=O)[C@H](C)N(Cc1ccccc1Cl)C(=O)CN(c1ccccc1Cl)S(C)(=O)=O. The molecule has 0 aromatic heterocycles. The van der Waals surface area contributed by atoms with Crippen LogP contribution >= 0.6 is 23.2 Å². The van der Waals surface area contributed by atoms with Crippen LogP contribution in [0.5, 0.6) is 0 Å². The second-order valence-corrected chi connectivity index (χ2v) is 10.0. The van der Waals surface area contributed by atoms with Gasteiger partial charge in [0.25, 0.3) is 0 Å². The van der Waals surface area contributed by atoms with E-state index in [4.69, 9.17) is 23.2 Å². The van der Waals surface area contributed by atoms with Crippen molar-refractivity contribution in [3.05, 3.63) is 64.1 Å². The normalized spacial score (nSPS) is 12.2. The molecule has 0 spiro atoms. The number of hydrogen-bond acceptors (Lipinski definition) is 4. The van der Waals surface area contributed by atoms with E-state index in [0.717, 1.165) is 17.0 Å². The summed E-state index contributed by atoms with van der Waals surface area (Å²) in [4.78, 5) is 27.3. The van der Waals surface area contributed by atoms with E-state index < -0.39 is 28.5 Å². The molecule has 0 aliphatic heterocycles. The molecule has 174 valence electrons. The molecule has 7 nitrogen and oxygen atoms in total. The van der Waals surface area contributed by atoms with Crippen LogP contribution in [0, 0.1) is 0 Å². The van der Waals surface area contributed by atoms with Gasteiger partial charge >= 0.3 is 0 Å². The van der Waals surface area contributed by atoms with Gasteiger partial charge in [-0.3, -0.25) is 13.9 Å². The Kier molecular flexibility index (Phi) is 9.36. The summed E-state index contributed by atoms with van der Waals surface area (Å²) in [5.41, 5.74) is 0.826. The van der Waals surface area contributed by atoms with E-state index in [1.54, 1.807) is 49.4 Å². The average molecular weight is 500 g/mol. The van der Waals surface area contributed by atoms with E-state index in [-0.39, 0.29) is 23.2 Å². The topological polar surface area (TPSA) is 86.8 Å². The van der Waals surface area contributed by atoms with Gasteiger partial charge in [-0.15, -0.1) is 0 Å². The number of anilines is 1. The molecule has 2 rings (SSSR count). The van der Waals surface area contributed by atoms with E-state index in [2.05, 4.69) is 5.32 Å². The van der Waals surface area contributed by atoms with Crippen molar-refractivity contribution < 1.29 is 18.0 Å². The van der Waals surface area contributed by atoms with Crippen molar-refractivity contribution in [2.24, 2.45) is 0 Å². The van der Waals surface area contributed by atoms with Crippen LogP contribution in [-0.2, 0) is 26.2 Å². The molecule has 2 aromatic carbocycles. The van der Waals surface area contributed by atoms with Crippen molar-refractivity contribution in [1.82, 2.24) is 10.2 Å². The van der Waals surface area contributed by atoms with Gasteiger partial charge in [-0.25, -0.2) is 8.42 Å². The van der Waals surface area contributed by atoms with E-state index in [1.807, 2.05) is 6.92 Å². The fourth-order valence-corrected chi connectivity index (χ4v) is 4.38. The molecule has 0 saturated carbocycles. The van der Waals surface area contributed by atoms with Crippen molar-refractivity contribution in [3.63, 3.8) is 0 Å². The number of para-hydroxylation sites is 1. The Morgan fingerprint density at radius 1 is 1.03 bits per heavy atom. The van der Waals surface area contributed by atoms with Crippen LogP contribution in [0.1, 0.15) is 25.8 Å². The number of hydrogen-bond donors (Lipinski definition) is 1. The number of amides is 2. The zero-order valence-electron chi connectivity index (χ0n) is 18.2. The summed E-state index contributed by atoms with van der Waals surface area (Å²) in [5.74, 6) is -0.898. The van der Waals surface area contributed by atoms with Crippen LogP contribution in [0.15, 0.2) is 48.5 Å². The zero-order valence-corrected chi connectivity index (χ0v) is 20.5. The molecule has 0 aliphatic carbocycles. The third-order valence-electron chi connectivity index (χ3n) is 4.82. The first-order chi connectivity index (χ1) is 15.1. The molecule has 0 radical (unpaired) electrons. The van der Waals surface area contributed by atoms with Gasteiger partial charge in [-0.1, -0.05) is 60.5 Å². The molecule has 32 heavy (non-hydrogen) atoms. The molecule has 0 aliphatic rings. The summed E-state index contributed by atoms with van der Waals surface area (Å²) in [6.07, 6.45) is 1.74. The van der Waals surface area contributed by atoms with Crippen LogP contribution in [0.2, 0.25) is 10.0 Å². The summed E-state index contributed by atoms with van der Waals surface area (Å²) in [5, 5.41) is 3.41. The van der Waals surface area contributed by atoms with E-state index >= 15 is 0 Å². The predicted molar refractivity (Wildman–Crippen MR) is 128 cm³/mol. The lowest BCUT2D eigenvalue weighted by atomic mass is 10.1. The number of benzene rings is 2. The first-order valence-electron chi connectivity index (χ1n) is 10.1. The van der Waals surface area contributed by atoms with Crippen LogP contribution in [-0.4, -0.2) is 50.5 Å². The first-order valence-corrected chi connectivity index (χ1v) is 12.7. The Morgan fingerprint density at radius 3 is 2.19 bits per heavy atom. The van der Waals surface area contributed by atoms with Gasteiger partial charge in [0.05, 0.1) is 17.0 Å². The van der Waals surface area contributed by atoms with Gasteiger partial charge in [-0.05, 0) is 37.1 Å². The van der Waals surface area contributed by atoms with Gasteiger partial charge < -0.3 is 10.2 Å². The maximum atomic E-state index is 13.4. The second-order valence-electron chi connectivity index (χ2n) is 7.30. The molecule has 0 saturated heterocycles. The first kappa shape index (κ1) is 26.0. The summed E-state index contributed by atoms with van der Waals surface area (Å²) < 4.78 is 25.9. The number of halogens is 2. The molecule has 2 aromatic rings. The summed E-state index contributed by atoms with van der Waals surface area (Å²) >= 11 is 12.5. The lowest BCUT2D eigenvalue weighted by molar-refractivity contribution is -0.139. The Bertz CT molecular complexity index is 1060. The highest BCUT2D eigenvalue weighted by Gasteiger charge is 2.30. The number of sulfonamides is 1. The third-order valence-corrected chi connectivity index (χ3v) is 6.63. The standard InChI is InChI=1S/C22H27Cl2N3O4S/c1-4-13-25-22(29)16(2)26(14-17-9-5-6-10-18(17)23)21(28)15-27(32(3,30)31)20-12-8-7-11-19(20)24/h5-12,16H,4,13-15H2,1-3H3,(H,25,29)/t16-/m0/s1. The second kappa shape index (κ2) is 11.5. The van der Waals surface area contributed by atoms with Crippen molar-refractivity contribution >= 4 is 50.7 Å². The maximum Gasteiger partial charge on any atom is 0.244 e. The minimum absolute atomic E-state index is 0.0410. The summed E-state index contributed by atoms with van der Waals surface area (Å²) in [6.45, 7) is 3.51. The maximum absolute atomic E-state index is 13.4. The smallest absolute Gasteiger partial charge is 0.244 e. The van der Waals surface area contributed by atoms with Crippen LogP contribution in [0.3, 0.4) is 0 Å². The molecule has 0 fully saturated rings. The molecular weight excluding hydrogens is 473 g/mol. The van der Waals surface area contributed by atoms with Crippen molar-refractivity contribution in [2.45, 2.75) is 32.9 Å². The van der Waals surface area contributed by atoms with Gasteiger partial charge in [0.15, 0.2) is 0 Å². The molecule has 2 amide bonds. The molecule has 1 N–H and O–H groups in total. The molecule has 0 unspecified atom stereocenters. The lowest BCUT2D eigenvalue weighted by Gasteiger charge is -2.31. The fourth-order valence-electron chi connectivity index (χ4n) is 3.04. The Labute approximate surface area is 199 Å². The van der Waals surface area contributed by atoms with Crippen molar-refractivity contribution in [2.75, 3.05) is 23.7 Å². The van der Waals surface area contributed by atoms with Crippen molar-refractivity contribution in [3.8, 4) is 0 Å². The third kappa shape index (κ3) is 6.85. The monoisotopic (exact) mass is 499 g/mol. The van der Waals surface area contributed by atoms with Gasteiger partial charge in [-0.2, -0.15) is 0 Å². The molecule has 10 heteroatoms. The quantitative estimate of drug-likeness (QED) is 0.539. The number of carbonyl (C=O) groups is 2. The number of carbonyl (C=O) groups excluding carboxylic acids is 2. The summed E-state index contributed by atoms with van der Waals surface area (Å²) in [6, 6.07) is 12.5. The highest BCUT2D eigenvalue weighted by atomic mass is 35.5. The lowest BCUT2D eigenvalue weighted by Crippen LogP contribution is -2.51. The van der Waals surface area contributed by atoms with Crippen LogP contribution in [0.25, 0.3) is 0 Å². The van der Waals surface area contributed by atoms with Crippen LogP contribution < -0.4 is 9.62 Å². The highest BCUT2D eigenvalue weighted by Crippen LogP contribution is 2.27. The number of rotatable bonds is 10. The zero-order chi connectivity index (χ0) is 23.9. The Morgan fingerprint density at radius 2 is 1.62 bits per heavy atom. The van der Waals surface area contributed by atoms with E-state index in [9.17, 15) is 18.0 Å². The van der Waals surface area contributed by atoms with Gasteiger partial charge in [0, 0.05) is 18.1 Å². The Balaban J connectivity index is 2.40. The molecule has 0 heterocycles. The van der Waals surface area contributed by atoms with E-state index in [1.165, 1.54) is 11.0 Å². The number of nitrogens with one attached hydrogen (secondary N) is 1. The minimum Gasteiger partial charge on any atom is -0.354 e. The Hall–Kier alpha value is -2.29. The molecule has 0 bridgehead atoms. The largest absolute Gasteiger partial charge is 0.354 e. The predicted octanol–water partition coefficient (Wildman–Crippen LogP) is 3.70. The number of nitrogens with zero attached hydrogens (tertiary/aromatic N) is 2. The highest BCUT2D eigenvalue weighted by molar-refractivity contribution is 7.92. The van der Waals surface area contributed by atoms with Crippen LogP contribution in [0.4, 0.5) is 5.69 Å². The summed E-state index contributed by atoms with van der Waals surface area (Å²) in [7, 11) is -3.84. The van der Waals surface area contributed by atoms with Gasteiger partial charge in [0.1, 0.15) is 12.6 Å². The van der Waals surface area contributed by atoms with Crippen molar-refractivity contribution in [1.29, 1.82) is 0 Å². The average Bonchev–Trinajstić information content (AvgIpc) is 2.74. The van der Waals surface area contributed by atoms with Gasteiger partial charge in [0.2, 0.25) is 21.8 Å².